The predicted molar refractivity (Wildman–Crippen MR) is 107 cm³/mol. The van der Waals surface area contributed by atoms with Gasteiger partial charge in [0.05, 0.1) is 0 Å². The van der Waals surface area contributed by atoms with Crippen LogP contribution in [0.3, 0.4) is 0 Å². The number of carbonyl (C=O) groups is 1. The molecule has 2 amide bonds. The normalized spacial score (nSPS) is 24.4. The quantitative estimate of drug-likeness (QED) is 0.711. The van der Waals surface area contributed by atoms with Crippen molar-refractivity contribution in [2.75, 3.05) is 0 Å². The van der Waals surface area contributed by atoms with Gasteiger partial charge >= 0.3 is 6.03 Å². The van der Waals surface area contributed by atoms with Crippen molar-refractivity contribution in [3.63, 3.8) is 0 Å². The molecule has 6 rings (SSSR count). The molecule has 0 atom stereocenters. The molecule has 2 aliphatic heterocycles. The van der Waals surface area contributed by atoms with Gasteiger partial charge in [-0.05, 0) is 41.7 Å². The fourth-order valence-electron chi connectivity index (χ4n) is 4.62. The summed E-state index contributed by atoms with van der Waals surface area (Å²) in [4.78, 5) is 19.6. The number of urea groups is 1. The Labute approximate surface area is 164 Å². The van der Waals surface area contributed by atoms with Gasteiger partial charge in [0.15, 0.2) is 0 Å². The summed E-state index contributed by atoms with van der Waals surface area (Å²) in [5, 5.41) is 4.55. The number of carbonyl (C=O) groups excluding carboxylic acids is 1. The summed E-state index contributed by atoms with van der Waals surface area (Å²) in [6, 6.07) is 26.2. The lowest BCUT2D eigenvalue weighted by molar-refractivity contribution is -0.262. The standard InChI is InChI=1S/C24H22N2O2/c1-23-18-12-6-8-14-20(18)24(2,21-15-9-7-13-19(21)23)28-26(23)22(27)25-16-17-10-4-3-5-11-17/h3-15H,16H2,1-2H3,(H,25,27). The molecule has 3 aliphatic rings. The Kier molecular flexibility index (Phi) is 3.61. The average Bonchev–Trinajstić information content (AvgIpc) is 2.75. The highest BCUT2D eigenvalue weighted by Crippen LogP contribution is 2.57. The molecule has 3 aromatic rings. The lowest BCUT2D eigenvalue weighted by Crippen LogP contribution is -2.63. The minimum atomic E-state index is -0.699. The molecule has 28 heavy (non-hydrogen) atoms. The first-order valence-corrected chi connectivity index (χ1v) is 9.56. The van der Waals surface area contributed by atoms with Crippen LogP contribution in [0.5, 0.6) is 0 Å². The van der Waals surface area contributed by atoms with Gasteiger partial charge in [-0.25, -0.2) is 4.79 Å². The SMILES string of the molecule is CC12ON(C(=O)NCc3ccccc3)C(C)(c3ccccc31)c1ccccc12. The lowest BCUT2D eigenvalue weighted by Gasteiger charge is -2.57. The van der Waals surface area contributed by atoms with Crippen molar-refractivity contribution in [2.45, 2.75) is 31.5 Å². The van der Waals surface area contributed by atoms with Crippen molar-refractivity contribution in [3.05, 3.63) is 107 Å². The van der Waals surface area contributed by atoms with Crippen molar-refractivity contribution in [3.8, 4) is 0 Å². The van der Waals surface area contributed by atoms with Crippen LogP contribution < -0.4 is 5.32 Å². The van der Waals surface area contributed by atoms with Crippen LogP contribution in [0.25, 0.3) is 0 Å². The number of benzene rings is 3. The smallest absolute Gasteiger partial charge is 0.332 e. The molecule has 0 aromatic heterocycles. The summed E-state index contributed by atoms with van der Waals surface area (Å²) in [5.41, 5.74) is 4.11. The number of nitrogens with zero attached hydrogens (tertiary/aromatic N) is 1. The van der Waals surface area contributed by atoms with Crippen LogP contribution in [-0.2, 0) is 22.5 Å². The summed E-state index contributed by atoms with van der Waals surface area (Å²) in [6.45, 7) is 4.56. The highest BCUT2D eigenvalue weighted by molar-refractivity contribution is 5.77. The van der Waals surface area contributed by atoms with Gasteiger partial charge in [-0.15, -0.1) is 0 Å². The third-order valence-electron chi connectivity index (χ3n) is 6.08. The Morgan fingerprint density at radius 1 is 0.821 bits per heavy atom. The van der Waals surface area contributed by atoms with Crippen LogP contribution in [0.15, 0.2) is 78.9 Å². The van der Waals surface area contributed by atoms with Gasteiger partial charge in [0.25, 0.3) is 0 Å². The molecule has 4 nitrogen and oxygen atoms in total. The van der Waals surface area contributed by atoms with E-state index < -0.39 is 11.1 Å². The molecule has 0 unspecified atom stereocenters. The van der Waals surface area contributed by atoms with Crippen molar-refractivity contribution >= 4 is 6.03 Å². The van der Waals surface area contributed by atoms with E-state index >= 15 is 0 Å². The molecule has 0 radical (unpaired) electrons. The Bertz CT molecular complexity index is 1010. The molecule has 140 valence electrons. The molecule has 1 aliphatic carbocycles. The third kappa shape index (κ3) is 2.18. The summed E-state index contributed by atoms with van der Waals surface area (Å²) < 4.78 is 0. The third-order valence-corrected chi connectivity index (χ3v) is 6.08. The summed E-state index contributed by atoms with van der Waals surface area (Å²) >= 11 is 0. The van der Waals surface area contributed by atoms with Gasteiger partial charge in [0.1, 0.15) is 11.1 Å². The topological polar surface area (TPSA) is 41.6 Å². The first-order chi connectivity index (χ1) is 13.5. The lowest BCUT2D eigenvalue weighted by atomic mass is 9.65. The molecule has 4 heteroatoms. The molecule has 0 saturated carbocycles. The zero-order valence-corrected chi connectivity index (χ0v) is 16.0. The zero-order chi connectivity index (χ0) is 19.4. The van der Waals surface area contributed by atoms with E-state index in [1.807, 2.05) is 61.5 Å². The van der Waals surface area contributed by atoms with E-state index in [0.29, 0.717) is 6.54 Å². The van der Waals surface area contributed by atoms with Crippen LogP contribution in [0.1, 0.15) is 41.7 Å². The molecule has 1 N–H and O–H groups in total. The molecule has 3 aromatic carbocycles. The summed E-state index contributed by atoms with van der Waals surface area (Å²) in [6.07, 6.45) is 0. The Morgan fingerprint density at radius 3 is 1.89 bits per heavy atom. The second-order valence-corrected chi connectivity index (χ2v) is 7.73. The number of hydrogen-bond donors (Lipinski definition) is 1. The number of nitrogens with one attached hydrogen (secondary N) is 1. The Morgan fingerprint density at radius 2 is 1.32 bits per heavy atom. The molecular formula is C24H22N2O2. The van der Waals surface area contributed by atoms with Crippen molar-refractivity contribution in [1.82, 2.24) is 10.4 Å². The van der Waals surface area contributed by atoms with E-state index in [4.69, 9.17) is 4.84 Å². The largest absolute Gasteiger partial charge is 0.342 e. The highest BCUT2D eigenvalue weighted by Gasteiger charge is 2.58. The second-order valence-electron chi connectivity index (χ2n) is 7.73. The van der Waals surface area contributed by atoms with Gasteiger partial charge in [0, 0.05) is 6.54 Å². The molecule has 0 fully saturated rings. The van der Waals surface area contributed by atoms with E-state index in [0.717, 1.165) is 27.8 Å². The average molecular weight is 370 g/mol. The van der Waals surface area contributed by atoms with Crippen LogP contribution >= 0.6 is 0 Å². The molecular weight excluding hydrogens is 348 g/mol. The second kappa shape index (κ2) is 5.94. The molecule has 2 bridgehead atoms. The Balaban J connectivity index is 1.58. The van der Waals surface area contributed by atoms with E-state index in [1.54, 1.807) is 0 Å². The van der Waals surface area contributed by atoms with Gasteiger partial charge in [0.2, 0.25) is 0 Å². The minimum absolute atomic E-state index is 0.235. The van der Waals surface area contributed by atoms with Crippen LogP contribution in [-0.4, -0.2) is 11.1 Å². The van der Waals surface area contributed by atoms with Gasteiger partial charge in [-0.3, -0.25) is 4.84 Å². The van der Waals surface area contributed by atoms with Crippen LogP contribution in [0.4, 0.5) is 4.79 Å². The zero-order valence-electron chi connectivity index (χ0n) is 16.0. The van der Waals surface area contributed by atoms with Crippen molar-refractivity contribution in [2.24, 2.45) is 0 Å². The number of rotatable bonds is 2. The first-order valence-electron chi connectivity index (χ1n) is 9.56. The van der Waals surface area contributed by atoms with Gasteiger partial charge in [-0.2, -0.15) is 5.06 Å². The van der Waals surface area contributed by atoms with Gasteiger partial charge < -0.3 is 5.32 Å². The van der Waals surface area contributed by atoms with Gasteiger partial charge in [-0.1, -0.05) is 78.9 Å². The van der Waals surface area contributed by atoms with Crippen LogP contribution in [0, 0.1) is 0 Å². The number of hydrogen-bond acceptors (Lipinski definition) is 2. The molecule has 0 saturated heterocycles. The fraction of sp³-hybridized carbons (Fsp3) is 0.208. The molecule has 2 heterocycles. The predicted octanol–water partition coefficient (Wildman–Crippen LogP) is 4.68. The fourth-order valence-corrected chi connectivity index (χ4v) is 4.62. The highest BCUT2D eigenvalue weighted by atomic mass is 16.7. The minimum Gasteiger partial charge on any atom is -0.332 e. The maximum Gasteiger partial charge on any atom is 0.342 e. The van der Waals surface area contributed by atoms with Crippen molar-refractivity contribution < 1.29 is 9.63 Å². The number of fused-ring (bicyclic) bond motifs is 1. The maximum absolute atomic E-state index is 13.2. The Hall–Kier alpha value is -3.11. The first kappa shape index (κ1) is 17.0. The number of amides is 2. The van der Waals surface area contributed by atoms with Crippen LogP contribution in [0.2, 0.25) is 0 Å². The maximum atomic E-state index is 13.2. The summed E-state index contributed by atoms with van der Waals surface area (Å²) in [5.74, 6) is 0. The molecule has 0 spiro atoms. The monoisotopic (exact) mass is 370 g/mol. The van der Waals surface area contributed by atoms with Crippen molar-refractivity contribution in [1.29, 1.82) is 0 Å². The van der Waals surface area contributed by atoms with E-state index in [1.165, 1.54) is 5.06 Å². The van der Waals surface area contributed by atoms with E-state index in [2.05, 4.69) is 36.5 Å². The van der Waals surface area contributed by atoms with E-state index in [9.17, 15) is 4.79 Å². The van der Waals surface area contributed by atoms with E-state index in [-0.39, 0.29) is 6.03 Å². The number of hydroxylamine groups is 2. The summed E-state index contributed by atoms with van der Waals surface area (Å²) in [7, 11) is 0.